The van der Waals surface area contributed by atoms with Crippen LogP contribution in [-0.4, -0.2) is 31.0 Å². The molecule has 0 radical (unpaired) electrons. The van der Waals surface area contributed by atoms with Gasteiger partial charge in [-0.1, -0.05) is 86.1 Å². The molecule has 0 bridgehead atoms. The molecule has 1 amide bonds. The maximum Gasteiger partial charge on any atom is 0.245 e. The molecule has 1 aliphatic heterocycles. The number of ketones is 1. The SMILES string of the molecule is Cc1ccccc1NC(=O)CS(=O)(=O)N1c2cccc(O)c2NC2=C(C(=O)CC(C)(C)C2)C1c1ccc(OCc2ccccc2)cc1Cl. The van der Waals surface area contributed by atoms with Gasteiger partial charge in [0.2, 0.25) is 15.9 Å². The number of amides is 1. The number of hydrogen-bond donors (Lipinski definition) is 3. The Labute approximate surface area is 285 Å². The van der Waals surface area contributed by atoms with Gasteiger partial charge in [-0.05, 0) is 65.8 Å². The van der Waals surface area contributed by atoms with E-state index < -0.39 is 33.1 Å². The number of anilines is 3. The van der Waals surface area contributed by atoms with E-state index in [1.54, 1.807) is 43.3 Å². The van der Waals surface area contributed by atoms with Crippen LogP contribution in [0.25, 0.3) is 0 Å². The number of phenols is 1. The van der Waals surface area contributed by atoms with Gasteiger partial charge in [0.1, 0.15) is 35.6 Å². The van der Waals surface area contributed by atoms with Crippen LogP contribution in [0.5, 0.6) is 11.5 Å². The predicted molar refractivity (Wildman–Crippen MR) is 188 cm³/mol. The molecule has 248 valence electrons. The van der Waals surface area contributed by atoms with Gasteiger partial charge in [0.25, 0.3) is 0 Å². The van der Waals surface area contributed by atoms with Gasteiger partial charge in [-0.3, -0.25) is 13.9 Å². The van der Waals surface area contributed by atoms with Crippen molar-refractivity contribution in [1.82, 2.24) is 0 Å². The second-order valence-corrected chi connectivity index (χ2v) is 15.2. The molecule has 0 fully saturated rings. The first-order valence-electron chi connectivity index (χ1n) is 15.5. The molecule has 0 aromatic heterocycles. The van der Waals surface area contributed by atoms with Crippen molar-refractivity contribution >= 4 is 50.4 Å². The normalized spacial score (nSPS) is 17.1. The lowest BCUT2D eigenvalue weighted by Crippen LogP contribution is -2.42. The summed E-state index contributed by atoms with van der Waals surface area (Å²) in [5, 5.41) is 17.1. The second-order valence-electron chi connectivity index (χ2n) is 12.9. The zero-order chi connectivity index (χ0) is 34.2. The third-order valence-electron chi connectivity index (χ3n) is 8.51. The number of ether oxygens (including phenoxy) is 1. The van der Waals surface area contributed by atoms with Crippen LogP contribution in [0.2, 0.25) is 5.02 Å². The molecule has 0 spiro atoms. The molecule has 6 rings (SSSR count). The lowest BCUT2D eigenvalue weighted by molar-refractivity contribution is -0.118. The average molecular weight is 686 g/mol. The summed E-state index contributed by atoms with van der Waals surface area (Å²) in [5.41, 5.74) is 2.94. The van der Waals surface area contributed by atoms with Crippen LogP contribution >= 0.6 is 11.6 Å². The number of benzene rings is 4. The molecule has 1 heterocycles. The maximum absolute atomic E-state index is 14.6. The summed E-state index contributed by atoms with van der Waals surface area (Å²) >= 11 is 6.95. The number of aromatic hydroxyl groups is 1. The fraction of sp³-hybridized carbons (Fsp3) is 0.243. The quantitative estimate of drug-likeness (QED) is 0.164. The number of carbonyl (C=O) groups excluding carboxylic acids is 2. The van der Waals surface area contributed by atoms with E-state index in [1.165, 1.54) is 18.2 Å². The number of fused-ring (bicyclic) bond motifs is 1. The van der Waals surface area contributed by atoms with Crippen LogP contribution in [-0.2, 0) is 26.2 Å². The topological polar surface area (TPSA) is 125 Å². The standard InChI is InChI=1S/C37H36ClN3O6S/c1-23-10-7-8-13-28(23)39-33(44)22-48(45,46)41-30-14-9-15-31(42)35(30)40-29-19-37(2,3)20-32(43)34(29)36(41)26-17-16-25(18-27(26)38)47-21-24-11-5-4-6-12-24/h4-18,36,40,42H,19-22H2,1-3H3,(H,39,44). The van der Waals surface area contributed by atoms with E-state index >= 15 is 0 Å². The number of halogens is 1. The lowest BCUT2D eigenvalue weighted by atomic mass is 9.73. The van der Waals surface area contributed by atoms with E-state index in [-0.39, 0.29) is 46.5 Å². The van der Waals surface area contributed by atoms with E-state index in [2.05, 4.69) is 10.6 Å². The summed E-state index contributed by atoms with van der Waals surface area (Å²) in [5.74, 6) is -1.73. The Balaban J connectivity index is 1.48. The van der Waals surface area contributed by atoms with Gasteiger partial charge in [-0.2, -0.15) is 0 Å². The average Bonchev–Trinajstić information content (AvgIpc) is 3.16. The first-order chi connectivity index (χ1) is 22.8. The second kappa shape index (κ2) is 13.0. The third kappa shape index (κ3) is 6.77. The molecule has 1 atom stereocenters. The van der Waals surface area contributed by atoms with E-state index in [0.29, 0.717) is 29.1 Å². The monoisotopic (exact) mass is 685 g/mol. The van der Waals surface area contributed by atoms with Crippen LogP contribution in [0, 0.1) is 12.3 Å². The van der Waals surface area contributed by atoms with Crippen molar-refractivity contribution in [3.05, 3.63) is 124 Å². The number of rotatable bonds is 8. The summed E-state index contributed by atoms with van der Waals surface area (Å²) in [4.78, 5) is 27.5. The summed E-state index contributed by atoms with van der Waals surface area (Å²) in [6.45, 7) is 6.01. The predicted octanol–water partition coefficient (Wildman–Crippen LogP) is 7.52. The fourth-order valence-corrected chi connectivity index (χ4v) is 8.11. The molecule has 1 unspecified atom stereocenters. The van der Waals surface area contributed by atoms with E-state index in [0.717, 1.165) is 15.4 Å². The number of aryl methyl sites for hydroxylation is 1. The third-order valence-corrected chi connectivity index (χ3v) is 10.5. The molecule has 4 aromatic rings. The van der Waals surface area contributed by atoms with Crippen molar-refractivity contribution in [3.63, 3.8) is 0 Å². The number of nitrogens with zero attached hydrogens (tertiary/aromatic N) is 1. The number of nitrogens with one attached hydrogen (secondary N) is 2. The Hall–Kier alpha value is -4.80. The Morgan fingerprint density at radius 3 is 2.48 bits per heavy atom. The molecule has 11 heteroatoms. The van der Waals surface area contributed by atoms with Crippen molar-refractivity contribution in [2.45, 2.75) is 46.3 Å². The number of para-hydroxylation sites is 2. The molecule has 3 N–H and O–H groups in total. The number of sulfonamides is 1. The summed E-state index contributed by atoms with van der Waals surface area (Å²) in [7, 11) is -4.55. The molecule has 0 saturated heterocycles. The molecular weight excluding hydrogens is 650 g/mol. The number of carbonyl (C=O) groups is 2. The number of hydrogen-bond acceptors (Lipinski definition) is 7. The van der Waals surface area contributed by atoms with Crippen LogP contribution in [0.15, 0.2) is 102 Å². The van der Waals surface area contributed by atoms with Crippen molar-refractivity contribution in [1.29, 1.82) is 0 Å². The molecule has 4 aromatic carbocycles. The van der Waals surface area contributed by atoms with Crippen LogP contribution < -0.4 is 19.7 Å². The minimum Gasteiger partial charge on any atom is -0.506 e. The minimum absolute atomic E-state index is 0.0733. The lowest BCUT2D eigenvalue weighted by Gasteiger charge is -2.37. The van der Waals surface area contributed by atoms with E-state index in [1.807, 2.05) is 50.2 Å². The first kappa shape index (κ1) is 33.1. The highest BCUT2D eigenvalue weighted by Gasteiger charge is 2.46. The van der Waals surface area contributed by atoms with E-state index in [9.17, 15) is 23.1 Å². The maximum atomic E-state index is 14.6. The van der Waals surface area contributed by atoms with Crippen LogP contribution in [0.1, 0.15) is 49.4 Å². The van der Waals surface area contributed by atoms with Gasteiger partial charge in [-0.25, -0.2) is 8.42 Å². The highest BCUT2D eigenvalue weighted by atomic mass is 35.5. The van der Waals surface area contributed by atoms with Gasteiger partial charge in [0, 0.05) is 28.4 Å². The Bertz CT molecular complexity index is 2050. The van der Waals surface area contributed by atoms with Gasteiger partial charge < -0.3 is 20.5 Å². The van der Waals surface area contributed by atoms with Crippen molar-refractivity contribution in [3.8, 4) is 11.5 Å². The number of allylic oxidation sites excluding steroid dienone is 1. The molecule has 1 aliphatic carbocycles. The largest absolute Gasteiger partial charge is 0.506 e. The smallest absolute Gasteiger partial charge is 0.245 e. The Morgan fingerprint density at radius 2 is 1.75 bits per heavy atom. The molecule has 48 heavy (non-hydrogen) atoms. The highest BCUT2D eigenvalue weighted by Crippen LogP contribution is 2.52. The number of Topliss-reactive ketones (excluding diaryl/α,β-unsaturated/α-hetero) is 1. The van der Waals surface area contributed by atoms with Crippen LogP contribution in [0.4, 0.5) is 17.1 Å². The summed E-state index contributed by atoms with van der Waals surface area (Å²) < 4.78 is 36.2. The first-order valence-corrected chi connectivity index (χ1v) is 17.5. The minimum atomic E-state index is -4.55. The van der Waals surface area contributed by atoms with Gasteiger partial charge in [-0.15, -0.1) is 0 Å². The molecule has 2 aliphatic rings. The fourth-order valence-electron chi connectivity index (χ4n) is 6.30. The van der Waals surface area contributed by atoms with Gasteiger partial charge >= 0.3 is 0 Å². The summed E-state index contributed by atoms with van der Waals surface area (Å²) in [6, 6.07) is 24.8. The molecule has 9 nitrogen and oxygen atoms in total. The zero-order valence-electron chi connectivity index (χ0n) is 26.8. The van der Waals surface area contributed by atoms with Gasteiger partial charge in [0.05, 0.1) is 5.69 Å². The Morgan fingerprint density at radius 1 is 1.02 bits per heavy atom. The van der Waals surface area contributed by atoms with Crippen LogP contribution in [0.3, 0.4) is 0 Å². The molecular formula is C37H36ClN3O6S. The van der Waals surface area contributed by atoms with Crippen molar-refractivity contribution in [2.75, 3.05) is 20.7 Å². The molecule has 0 saturated carbocycles. The van der Waals surface area contributed by atoms with Gasteiger partial charge in [0.15, 0.2) is 5.78 Å². The van der Waals surface area contributed by atoms with Crippen molar-refractivity contribution < 1.29 is 27.9 Å². The van der Waals surface area contributed by atoms with E-state index in [4.69, 9.17) is 16.3 Å². The number of phenolic OH excluding ortho intramolecular Hbond substituents is 1. The zero-order valence-corrected chi connectivity index (χ0v) is 28.4. The summed E-state index contributed by atoms with van der Waals surface area (Å²) in [6.07, 6.45) is 0.555. The highest BCUT2D eigenvalue weighted by molar-refractivity contribution is 7.93. The Kier molecular flexibility index (Phi) is 8.98. The van der Waals surface area contributed by atoms with Crippen molar-refractivity contribution in [2.24, 2.45) is 5.41 Å².